The zero-order chi connectivity index (χ0) is 21.4. The van der Waals surface area contributed by atoms with Crippen LogP contribution in [0, 0.1) is 0 Å². The number of halogens is 4. The summed E-state index contributed by atoms with van der Waals surface area (Å²) in [6, 6.07) is 12.3. The lowest BCUT2D eigenvalue weighted by atomic mass is 10.0. The Morgan fingerprint density at radius 2 is 1.87 bits per heavy atom. The molecular formula is C22H25ClF3NO3. The molecule has 0 aliphatic rings. The maximum Gasteiger partial charge on any atom is 0.416 e. The molecule has 8 heteroatoms. The maximum absolute atomic E-state index is 12.8. The van der Waals surface area contributed by atoms with Crippen LogP contribution >= 0.6 is 12.4 Å². The monoisotopic (exact) mass is 443 g/mol. The van der Waals surface area contributed by atoms with E-state index in [1.807, 2.05) is 31.2 Å². The summed E-state index contributed by atoms with van der Waals surface area (Å²) < 4.78 is 42.9. The lowest BCUT2D eigenvalue weighted by molar-refractivity contribution is -0.137. The lowest BCUT2D eigenvalue weighted by Gasteiger charge is -2.18. The molecule has 0 heterocycles. The van der Waals surface area contributed by atoms with Crippen molar-refractivity contribution in [1.29, 1.82) is 0 Å². The Bertz CT molecular complexity index is 838. The number of carbonyl (C=O) groups excluding carboxylic acids is 1. The van der Waals surface area contributed by atoms with Gasteiger partial charge in [-0.1, -0.05) is 36.4 Å². The fourth-order valence-corrected chi connectivity index (χ4v) is 2.78. The Kier molecular flexibility index (Phi) is 10.0. The summed E-state index contributed by atoms with van der Waals surface area (Å²) in [6.07, 6.45) is -1.80. The number of aliphatic hydroxyl groups is 1. The standard InChI is InChI=1S/C22H24F3NO3.ClH/c1-15(12-17-8-6-16(7-9-17)10-11-21(28)29-2)26-14-20(27)18-4-3-5-19(13-18)22(23,24)25;/h3-11,13,15,20,26-27H,12,14H2,1-2H3;1H/b11-10+;. The smallest absolute Gasteiger partial charge is 0.416 e. The van der Waals surface area contributed by atoms with Gasteiger partial charge in [-0.3, -0.25) is 0 Å². The first kappa shape index (κ1) is 25.7. The third-order valence-corrected chi connectivity index (χ3v) is 4.39. The van der Waals surface area contributed by atoms with Gasteiger partial charge in [-0.15, -0.1) is 12.4 Å². The number of ether oxygens (including phenoxy) is 1. The molecule has 2 N–H and O–H groups in total. The molecule has 2 unspecified atom stereocenters. The molecule has 0 fully saturated rings. The van der Waals surface area contributed by atoms with E-state index in [0.717, 1.165) is 23.3 Å². The van der Waals surface area contributed by atoms with Crippen LogP contribution in [0.4, 0.5) is 13.2 Å². The van der Waals surface area contributed by atoms with Gasteiger partial charge in [-0.2, -0.15) is 13.2 Å². The van der Waals surface area contributed by atoms with E-state index in [0.29, 0.717) is 6.42 Å². The van der Waals surface area contributed by atoms with E-state index in [1.54, 1.807) is 6.08 Å². The van der Waals surface area contributed by atoms with E-state index >= 15 is 0 Å². The van der Waals surface area contributed by atoms with E-state index < -0.39 is 23.8 Å². The third kappa shape index (κ3) is 8.18. The summed E-state index contributed by atoms with van der Waals surface area (Å²) in [7, 11) is 1.31. The van der Waals surface area contributed by atoms with Gasteiger partial charge in [0.05, 0.1) is 18.8 Å². The summed E-state index contributed by atoms with van der Waals surface area (Å²) in [5, 5.41) is 13.4. The maximum atomic E-state index is 12.8. The van der Waals surface area contributed by atoms with Crippen LogP contribution in [0.15, 0.2) is 54.6 Å². The molecule has 0 spiro atoms. The summed E-state index contributed by atoms with van der Waals surface area (Å²) in [5.41, 5.74) is 1.36. The van der Waals surface area contributed by atoms with Crippen LogP contribution in [0.5, 0.6) is 0 Å². The minimum Gasteiger partial charge on any atom is -0.466 e. The molecule has 30 heavy (non-hydrogen) atoms. The van der Waals surface area contributed by atoms with Gasteiger partial charge in [0.25, 0.3) is 0 Å². The zero-order valence-corrected chi connectivity index (χ0v) is 17.5. The van der Waals surface area contributed by atoms with Crippen LogP contribution in [0.3, 0.4) is 0 Å². The quantitative estimate of drug-likeness (QED) is 0.463. The highest BCUT2D eigenvalue weighted by atomic mass is 35.5. The number of aliphatic hydroxyl groups excluding tert-OH is 1. The summed E-state index contributed by atoms with van der Waals surface area (Å²) >= 11 is 0. The lowest BCUT2D eigenvalue weighted by Crippen LogP contribution is -2.32. The topological polar surface area (TPSA) is 58.6 Å². The summed E-state index contributed by atoms with van der Waals surface area (Å²) in [6.45, 7) is 2.08. The molecule has 0 aliphatic carbocycles. The van der Waals surface area contributed by atoms with E-state index in [-0.39, 0.29) is 30.6 Å². The van der Waals surface area contributed by atoms with E-state index in [2.05, 4.69) is 10.1 Å². The molecule has 2 rings (SSSR count). The van der Waals surface area contributed by atoms with Crippen molar-refractivity contribution in [2.45, 2.75) is 31.7 Å². The average molecular weight is 444 g/mol. The first-order chi connectivity index (χ1) is 13.7. The van der Waals surface area contributed by atoms with Crippen LogP contribution in [-0.4, -0.2) is 30.8 Å². The molecule has 2 aromatic carbocycles. The van der Waals surface area contributed by atoms with E-state index in [4.69, 9.17) is 0 Å². The Morgan fingerprint density at radius 1 is 1.20 bits per heavy atom. The summed E-state index contributed by atoms with van der Waals surface area (Å²) in [4.78, 5) is 11.1. The van der Waals surface area contributed by atoms with Crippen molar-refractivity contribution < 1.29 is 27.8 Å². The molecule has 2 atom stereocenters. The highest BCUT2D eigenvalue weighted by molar-refractivity contribution is 5.86. The van der Waals surface area contributed by atoms with Gasteiger partial charge >= 0.3 is 12.1 Å². The van der Waals surface area contributed by atoms with Crippen LogP contribution in [0.2, 0.25) is 0 Å². The van der Waals surface area contributed by atoms with Crippen LogP contribution < -0.4 is 5.32 Å². The summed E-state index contributed by atoms with van der Waals surface area (Å²) in [5.74, 6) is -0.425. The molecule has 0 radical (unpaired) electrons. The minimum absolute atomic E-state index is 0. The van der Waals surface area contributed by atoms with Crippen molar-refractivity contribution >= 4 is 24.5 Å². The SMILES string of the molecule is COC(=O)/C=C/c1ccc(CC(C)NCC(O)c2cccc(C(F)(F)F)c2)cc1.Cl. The van der Waals surface area contributed by atoms with Gasteiger partial charge in [0.15, 0.2) is 0 Å². The van der Waals surface area contributed by atoms with Gasteiger partial charge in [0.2, 0.25) is 0 Å². The van der Waals surface area contributed by atoms with Crippen molar-refractivity contribution in [3.8, 4) is 0 Å². The fourth-order valence-electron chi connectivity index (χ4n) is 2.78. The highest BCUT2D eigenvalue weighted by Crippen LogP contribution is 2.30. The van der Waals surface area contributed by atoms with Crippen molar-refractivity contribution in [2.75, 3.05) is 13.7 Å². The number of carbonyl (C=O) groups is 1. The predicted molar refractivity (Wildman–Crippen MR) is 112 cm³/mol. The molecule has 4 nitrogen and oxygen atoms in total. The van der Waals surface area contributed by atoms with Gasteiger partial charge < -0.3 is 15.2 Å². The first-order valence-corrected chi connectivity index (χ1v) is 9.12. The number of esters is 1. The van der Waals surface area contributed by atoms with Crippen molar-refractivity contribution in [2.24, 2.45) is 0 Å². The number of nitrogens with one attached hydrogen (secondary N) is 1. The van der Waals surface area contributed by atoms with Gasteiger partial charge in [-0.25, -0.2) is 4.79 Å². The predicted octanol–water partition coefficient (Wildman–Crippen LogP) is 4.57. The van der Waals surface area contributed by atoms with Crippen molar-refractivity contribution in [3.63, 3.8) is 0 Å². The van der Waals surface area contributed by atoms with Gasteiger partial charge in [0, 0.05) is 18.7 Å². The Balaban J connectivity index is 0.00000450. The zero-order valence-electron chi connectivity index (χ0n) is 16.6. The van der Waals surface area contributed by atoms with Gasteiger partial charge in [0.1, 0.15) is 0 Å². The van der Waals surface area contributed by atoms with Crippen LogP contribution in [0.25, 0.3) is 6.08 Å². The van der Waals surface area contributed by atoms with Crippen molar-refractivity contribution in [1.82, 2.24) is 5.32 Å². The molecule has 0 aromatic heterocycles. The second kappa shape index (κ2) is 11.7. The van der Waals surface area contributed by atoms with Crippen LogP contribution in [0.1, 0.15) is 35.3 Å². The van der Waals surface area contributed by atoms with E-state index in [9.17, 15) is 23.1 Å². The Hall–Kier alpha value is -2.35. The van der Waals surface area contributed by atoms with Crippen molar-refractivity contribution in [3.05, 3.63) is 76.9 Å². The number of alkyl halides is 3. The third-order valence-electron chi connectivity index (χ3n) is 4.39. The molecule has 0 amide bonds. The number of hydrogen-bond donors (Lipinski definition) is 2. The molecular weight excluding hydrogens is 419 g/mol. The second-order valence-electron chi connectivity index (χ2n) is 6.75. The second-order valence-corrected chi connectivity index (χ2v) is 6.75. The molecule has 0 saturated heterocycles. The molecule has 0 bridgehead atoms. The molecule has 164 valence electrons. The van der Waals surface area contributed by atoms with E-state index in [1.165, 1.54) is 25.3 Å². The minimum atomic E-state index is -4.44. The molecule has 0 aliphatic heterocycles. The fraction of sp³-hybridized carbons (Fsp3) is 0.318. The average Bonchev–Trinajstić information content (AvgIpc) is 2.70. The Labute approximate surface area is 180 Å². The number of benzene rings is 2. The number of methoxy groups -OCH3 is 1. The Morgan fingerprint density at radius 3 is 2.47 bits per heavy atom. The number of hydrogen-bond acceptors (Lipinski definition) is 4. The molecule has 0 saturated carbocycles. The van der Waals surface area contributed by atoms with Crippen LogP contribution in [-0.2, 0) is 22.1 Å². The highest BCUT2D eigenvalue weighted by Gasteiger charge is 2.30. The number of rotatable bonds is 8. The molecule has 2 aromatic rings. The first-order valence-electron chi connectivity index (χ1n) is 9.12. The normalized spacial score (nSPS) is 13.5. The largest absolute Gasteiger partial charge is 0.466 e. The van der Waals surface area contributed by atoms with Gasteiger partial charge in [-0.05, 0) is 48.2 Å².